The molecular formula is C22H26ClN7O. The molecule has 1 saturated heterocycles. The van der Waals surface area contributed by atoms with Crippen molar-refractivity contribution >= 4 is 17.5 Å². The molecule has 162 valence electrons. The highest BCUT2D eigenvalue weighted by Gasteiger charge is 2.43. The summed E-state index contributed by atoms with van der Waals surface area (Å²) >= 11 is 5.89. The van der Waals surface area contributed by atoms with E-state index in [2.05, 4.69) is 30.4 Å². The van der Waals surface area contributed by atoms with E-state index in [1.807, 2.05) is 31.2 Å². The number of hydrogen-bond acceptors (Lipinski definition) is 7. The van der Waals surface area contributed by atoms with Gasteiger partial charge in [0.2, 0.25) is 5.95 Å². The average Bonchev–Trinajstić information content (AvgIpc) is 3.45. The van der Waals surface area contributed by atoms with Gasteiger partial charge in [0.1, 0.15) is 5.75 Å². The number of piperidine rings is 1. The third kappa shape index (κ3) is 4.63. The van der Waals surface area contributed by atoms with Crippen LogP contribution < -0.4 is 9.64 Å². The third-order valence-corrected chi connectivity index (χ3v) is 6.67. The summed E-state index contributed by atoms with van der Waals surface area (Å²) in [5.74, 6) is 4.91. The first kappa shape index (κ1) is 20.2. The van der Waals surface area contributed by atoms with Crippen molar-refractivity contribution in [3.63, 3.8) is 0 Å². The molecule has 2 fully saturated rings. The maximum atomic E-state index is 5.98. The summed E-state index contributed by atoms with van der Waals surface area (Å²) < 4.78 is 7.69. The fourth-order valence-electron chi connectivity index (χ4n) is 4.66. The summed E-state index contributed by atoms with van der Waals surface area (Å²) in [7, 11) is 0. The molecule has 2 atom stereocenters. The minimum atomic E-state index is 0.584. The largest absolute Gasteiger partial charge is 0.494 e. The molecule has 31 heavy (non-hydrogen) atoms. The molecule has 2 aliphatic rings. The lowest BCUT2D eigenvalue weighted by molar-refractivity contribution is 0.284. The number of ether oxygens (including phenoxy) is 1. The van der Waals surface area contributed by atoms with Crippen LogP contribution in [0.3, 0.4) is 0 Å². The molecule has 5 rings (SSSR count). The topological polar surface area (TPSA) is 81.9 Å². The summed E-state index contributed by atoms with van der Waals surface area (Å²) in [5.41, 5.74) is 0.937. The number of nitrogens with zero attached hydrogens (tertiary/aromatic N) is 7. The minimum absolute atomic E-state index is 0.584. The van der Waals surface area contributed by atoms with Crippen molar-refractivity contribution in [3.05, 3.63) is 47.5 Å². The van der Waals surface area contributed by atoms with Crippen molar-refractivity contribution in [1.82, 2.24) is 30.2 Å². The molecule has 0 unspecified atom stereocenters. The van der Waals surface area contributed by atoms with Crippen LogP contribution >= 0.6 is 11.6 Å². The fraction of sp³-hybridized carbons (Fsp3) is 0.500. The molecule has 0 amide bonds. The van der Waals surface area contributed by atoms with Gasteiger partial charge >= 0.3 is 0 Å². The summed E-state index contributed by atoms with van der Waals surface area (Å²) in [6, 6.07) is 7.93. The van der Waals surface area contributed by atoms with Crippen LogP contribution in [0.15, 0.2) is 36.7 Å². The van der Waals surface area contributed by atoms with Crippen molar-refractivity contribution in [2.75, 3.05) is 24.6 Å². The lowest BCUT2D eigenvalue weighted by Gasteiger charge is -2.32. The molecule has 8 nitrogen and oxygen atoms in total. The smallest absolute Gasteiger partial charge is 0.225 e. The van der Waals surface area contributed by atoms with E-state index in [1.54, 1.807) is 17.1 Å². The SMILES string of the molecule is Cc1nnnn1-c1ccc(OCC[C@H]2C[C@H]2C2CCN(c3ncc(Cl)cn3)CC2)cc1. The van der Waals surface area contributed by atoms with Crippen LogP contribution in [0.1, 0.15) is 31.5 Å². The highest BCUT2D eigenvalue weighted by Crippen LogP contribution is 2.49. The summed E-state index contributed by atoms with van der Waals surface area (Å²) in [6.45, 7) is 4.70. The van der Waals surface area contributed by atoms with Crippen molar-refractivity contribution < 1.29 is 4.74 Å². The van der Waals surface area contributed by atoms with Gasteiger partial charge in [-0.1, -0.05) is 11.6 Å². The summed E-state index contributed by atoms with van der Waals surface area (Å²) in [5, 5.41) is 12.2. The number of aryl methyl sites for hydroxylation is 1. The Morgan fingerprint density at radius 2 is 1.84 bits per heavy atom. The fourth-order valence-corrected chi connectivity index (χ4v) is 4.76. The van der Waals surface area contributed by atoms with E-state index in [4.69, 9.17) is 16.3 Å². The zero-order valence-corrected chi connectivity index (χ0v) is 18.3. The number of tetrazole rings is 1. The quantitative estimate of drug-likeness (QED) is 0.554. The zero-order chi connectivity index (χ0) is 21.2. The maximum absolute atomic E-state index is 5.98. The van der Waals surface area contributed by atoms with Gasteiger partial charge in [0, 0.05) is 13.1 Å². The Morgan fingerprint density at radius 1 is 1.10 bits per heavy atom. The van der Waals surface area contributed by atoms with Crippen LogP contribution in [0.4, 0.5) is 5.95 Å². The Morgan fingerprint density at radius 3 is 2.52 bits per heavy atom. The number of hydrogen-bond donors (Lipinski definition) is 0. The van der Waals surface area contributed by atoms with Crippen LogP contribution in [-0.4, -0.2) is 49.9 Å². The standard InChI is InChI=1S/C22H26ClN7O/c1-15-26-27-28-30(15)19-2-4-20(5-3-19)31-11-8-17-12-21(17)16-6-9-29(10-7-16)22-24-13-18(23)14-25-22/h2-5,13-14,16-17,21H,6-12H2,1H3/t17-,21-/m0/s1. The van der Waals surface area contributed by atoms with Crippen LogP contribution in [-0.2, 0) is 0 Å². The Kier molecular flexibility index (Phi) is 5.72. The number of aromatic nitrogens is 6. The second-order valence-electron chi connectivity index (χ2n) is 8.45. The number of benzene rings is 1. The van der Waals surface area contributed by atoms with E-state index >= 15 is 0 Å². The van der Waals surface area contributed by atoms with E-state index in [0.29, 0.717) is 5.02 Å². The first-order valence-corrected chi connectivity index (χ1v) is 11.3. The molecule has 3 aromatic rings. The predicted molar refractivity (Wildman–Crippen MR) is 118 cm³/mol. The monoisotopic (exact) mass is 439 g/mol. The van der Waals surface area contributed by atoms with Gasteiger partial charge in [0.25, 0.3) is 0 Å². The van der Waals surface area contributed by atoms with Gasteiger partial charge in [-0.2, -0.15) is 4.68 Å². The lowest BCUT2D eigenvalue weighted by atomic mass is 9.90. The van der Waals surface area contributed by atoms with E-state index in [1.165, 1.54) is 19.3 Å². The molecule has 1 saturated carbocycles. The second-order valence-corrected chi connectivity index (χ2v) is 8.89. The van der Waals surface area contributed by atoms with Crippen LogP contribution in [0, 0.1) is 24.7 Å². The Bertz CT molecular complexity index is 999. The van der Waals surface area contributed by atoms with Gasteiger partial charge in [0.05, 0.1) is 29.7 Å². The molecule has 9 heteroatoms. The van der Waals surface area contributed by atoms with Gasteiger partial charge in [-0.05, 0) is 85.1 Å². The Labute approximate surface area is 186 Å². The first-order valence-electron chi connectivity index (χ1n) is 10.9. The second kappa shape index (κ2) is 8.78. The molecule has 0 radical (unpaired) electrons. The number of halogens is 1. The van der Waals surface area contributed by atoms with Crippen LogP contribution in [0.25, 0.3) is 5.69 Å². The third-order valence-electron chi connectivity index (χ3n) is 6.48. The van der Waals surface area contributed by atoms with E-state index < -0.39 is 0 Å². The predicted octanol–water partition coefficient (Wildman–Crippen LogP) is 3.74. The van der Waals surface area contributed by atoms with Crippen molar-refractivity contribution in [1.29, 1.82) is 0 Å². The van der Waals surface area contributed by atoms with E-state index in [9.17, 15) is 0 Å². The molecule has 1 aliphatic carbocycles. The van der Waals surface area contributed by atoms with Crippen LogP contribution in [0.5, 0.6) is 5.75 Å². The molecule has 1 aromatic carbocycles. The zero-order valence-electron chi connectivity index (χ0n) is 17.6. The van der Waals surface area contributed by atoms with Gasteiger partial charge in [-0.25, -0.2) is 9.97 Å². The van der Waals surface area contributed by atoms with E-state index in [-0.39, 0.29) is 0 Å². The molecule has 0 N–H and O–H groups in total. The number of rotatable bonds is 7. The van der Waals surface area contributed by atoms with Gasteiger partial charge in [0.15, 0.2) is 5.82 Å². The van der Waals surface area contributed by atoms with Crippen molar-refractivity contribution in [2.24, 2.45) is 17.8 Å². The van der Waals surface area contributed by atoms with Crippen molar-refractivity contribution in [3.8, 4) is 11.4 Å². The van der Waals surface area contributed by atoms with Crippen molar-refractivity contribution in [2.45, 2.75) is 32.6 Å². The van der Waals surface area contributed by atoms with Gasteiger partial charge in [-0.15, -0.1) is 5.10 Å². The lowest BCUT2D eigenvalue weighted by Crippen LogP contribution is -2.35. The van der Waals surface area contributed by atoms with Gasteiger partial charge in [-0.3, -0.25) is 0 Å². The average molecular weight is 440 g/mol. The molecule has 2 aromatic heterocycles. The minimum Gasteiger partial charge on any atom is -0.494 e. The molecule has 0 bridgehead atoms. The highest BCUT2D eigenvalue weighted by molar-refractivity contribution is 6.30. The van der Waals surface area contributed by atoms with Gasteiger partial charge < -0.3 is 9.64 Å². The van der Waals surface area contributed by atoms with Crippen LogP contribution in [0.2, 0.25) is 5.02 Å². The first-order chi connectivity index (χ1) is 15.2. The normalized spacial score (nSPS) is 21.3. The Balaban J connectivity index is 1.04. The highest BCUT2D eigenvalue weighted by atomic mass is 35.5. The molecule has 0 spiro atoms. The Hall–Kier alpha value is -2.74. The maximum Gasteiger partial charge on any atom is 0.225 e. The van der Waals surface area contributed by atoms with E-state index in [0.717, 1.165) is 67.1 Å². The number of anilines is 1. The molecule has 1 aliphatic heterocycles. The summed E-state index contributed by atoms with van der Waals surface area (Å²) in [6.07, 6.45) is 8.24. The molecule has 3 heterocycles. The molecular weight excluding hydrogens is 414 g/mol. The summed E-state index contributed by atoms with van der Waals surface area (Å²) in [4.78, 5) is 11.0.